The number of benzene rings is 1. The van der Waals surface area contributed by atoms with Gasteiger partial charge in [-0.15, -0.1) is 0 Å². The summed E-state index contributed by atoms with van der Waals surface area (Å²) in [6, 6.07) is 7.74. The molecule has 1 heterocycles. The van der Waals surface area contributed by atoms with Crippen LogP contribution in [0.1, 0.15) is 37.3 Å². The van der Waals surface area contributed by atoms with Crippen molar-refractivity contribution in [1.82, 2.24) is 10.2 Å². The Balaban J connectivity index is 1.69. The molecule has 1 aromatic carbocycles. The second-order valence-electron chi connectivity index (χ2n) is 6.09. The summed E-state index contributed by atoms with van der Waals surface area (Å²) in [5.41, 5.74) is 0.645. The van der Waals surface area contributed by atoms with Gasteiger partial charge in [-0.2, -0.15) is 5.26 Å². The molecule has 2 aliphatic rings. The van der Waals surface area contributed by atoms with Crippen LogP contribution in [0.25, 0.3) is 0 Å². The molecule has 1 unspecified atom stereocenters. The van der Waals surface area contributed by atoms with Gasteiger partial charge in [0.05, 0.1) is 6.07 Å². The number of carbonyl (C=O) groups is 2. The first-order valence-electron chi connectivity index (χ1n) is 7.86. The third kappa shape index (κ3) is 3.48. The van der Waals surface area contributed by atoms with E-state index in [0.29, 0.717) is 23.6 Å². The predicted octanol–water partition coefficient (Wildman–Crippen LogP) is 2.42. The zero-order chi connectivity index (χ0) is 16.4. The highest BCUT2D eigenvalue weighted by Crippen LogP contribution is 2.33. The zero-order valence-corrected chi connectivity index (χ0v) is 13.4. The predicted molar refractivity (Wildman–Crippen MR) is 85.4 cm³/mol. The number of hydrogen-bond donors (Lipinski definition) is 1. The van der Waals surface area contributed by atoms with E-state index < -0.39 is 12.1 Å². The summed E-state index contributed by atoms with van der Waals surface area (Å²) >= 11 is 5.94. The van der Waals surface area contributed by atoms with Crippen LogP contribution in [0.3, 0.4) is 0 Å². The summed E-state index contributed by atoms with van der Waals surface area (Å²) in [6.07, 6.45) is 3.32. The Hall–Kier alpha value is -2.06. The molecule has 1 N–H and O–H groups in total. The maximum absolute atomic E-state index is 12.5. The standard InChI is InChI=1S/C17H18ClN3O2/c18-13-4-1-3-12(9-13)14(10-19)20-16(22)15-5-2-8-21(15)17(23)11-6-7-11/h1,3-4,9,11,14-15H,2,5-8H2,(H,20,22)/t14?,15-/m0/s1. The van der Waals surface area contributed by atoms with Gasteiger partial charge in [-0.25, -0.2) is 0 Å². The summed E-state index contributed by atoms with van der Waals surface area (Å²) in [5.74, 6) is -0.0787. The fourth-order valence-electron chi connectivity index (χ4n) is 2.98. The molecular weight excluding hydrogens is 314 g/mol. The minimum absolute atomic E-state index is 0.0823. The Morgan fingerprint density at radius 1 is 1.35 bits per heavy atom. The second-order valence-corrected chi connectivity index (χ2v) is 6.53. The highest BCUT2D eigenvalue weighted by molar-refractivity contribution is 6.30. The van der Waals surface area contributed by atoms with Crippen molar-refractivity contribution < 1.29 is 9.59 Å². The molecule has 1 saturated carbocycles. The number of hydrogen-bond acceptors (Lipinski definition) is 3. The van der Waals surface area contributed by atoms with Gasteiger partial charge in [0.2, 0.25) is 11.8 Å². The van der Waals surface area contributed by atoms with E-state index in [-0.39, 0.29) is 17.7 Å². The highest BCUT2D eigenvalue weighted by atomic mass is 35.5. The number of nitriles is 1. The van der Waals surface area contributed by atoms with Crippen molar-refractivity contribution in [2.24, 2.45) is 5.92 Å². The molecule has 3 rings (SSSR count). The van der Waals surface area contributed by atoms with Gasteiger partial charge in [-0.05, 0) is 43.4 Å². The Kier molecular flexibility index (Phi) is 4.53. The molecule has 2 fully saturated rings. The third-order valence-electron chi connectivity index (χ3n) is 4.36. The molecule has 1 saturated heterocycles. The lowest BCUT2D eigenvalue weighted by molar-refractivity contribution is -0.139. The first-order valence-corrected chi connectivity index (χ1v) is 8.24. The maximum Gasteiger partial charge on any atom is 0.244 e. The van der Waals surface area contributed by atoms with Gasteiger partial charge in [-0.3, -0.25) is 9.59 Å². The molecule has 1 aliphatic carbocycles. The van der Waals surface area contributed by atoms with E-state index in [2.05, 4.69) is 11.4 Å². The van der Waals surface area contributed by atoms with E-state index in [4.69, 9.17) is 11.6 Å². The number of rotatable bonds is 4. The topological polar surface area (TPSA) is 73.2 Å². The number of amides is 2. The van der Waals surface area contributed by atoms with Crippen molar-refractivity contribution in [2.45, 2.75) is 37.8 Å². The minimum atomic E-state index is -0.764. The van der Waals surface area contributed by atoms with Gasteiger partial charge >= 0.3 is 0 Å². The van der Waals surface area contributed by atoms with Crippen LogP contribution in [-0.2, 0) is 9.59 Å². The molecule has 6 heteroatoms. The Labute approximate surface area is 140 Å². The number of carbonyl (C=O) groups excluding carboxylic acids is 2. The molecule has 0 aromatic heterocycles. The van der Waals surface area contributed by atoms with Gasteiger partial charge < -0.3 is 10.2 Å². The Morgan fingerprint density at radius 2 is 2.13 bits per heavy atom. The lowest BCUT2D eigenvalue weighted by Crippen LogP contribution is -2.47. The minimum Gasteiger partial charge on any atom is -0.335 e. The molecule has 1 aromatic rings. The number of likely N-dealkylation sites (tertiary alicyclic amines) is 1. The van der Waals surface area contributed by atoms with Crippen molar-refractivity contribution in [3.05, 3.63) is 34.9 Å². The van der Waals surface area contributed by atoms with E-state index in [1.165, 1.54) is 0 Å². The van der Waals surface area contributed by atoms with Crippen LogP contribution in [0, 0.1) is 17.2 Å². The van der Waals surface area contributed by atoms with Gasteiger partial charge in [0.1, 0.15) is 12.1 Å². The number of nitrogens with one attached hydrogen (secondary N) is 1. The van der Waals surface area contributed by atoms with Gasteiger partial charge in [0.25, 0.3) is 0 Å². The lowest BCUT2D eigenvalue weighted by Gasteiger charge is -2.25. The van der Waals surface area contributed by atoms with Gasteiger partial charge in [0.15, 0.2) is 0 Å². The fraction of sp³-hybridized carbons (Fsp3) is 0.471. The van der Waals surface area contributed by atoms with E-state index in [9.17, 15) is 14.9 Å². The Bertz CT molecular complexity index is 666. The summed E-state index contributed by atoms with van der Waals surface area (Å²) in [6.45, 7) is 0.627. The van der Waals surface area contributed by atoms with Gasteiger partial charge in [0, 0.05) is 17.5 Å². The second kappa shape index (κ2) is 6.59. The average molecular weight is 332 g/mol. The SMILES string of the molecule is N#CC(NC(=O)[C@@H]1CCCN1C(=O)C1CC1)c1cccc(Cl)c1. The Morgan fingerprint density at radius 3 is 2.78 bits per heavy atom. The van der Waals surface area contributed by atoms with E-state index in [1.807, 2.05) is 0 Å². The first kappa shape index (κ1) is 15.8. The molecule has 23 heavy (non-hydrogen) atoms. The molecule has 5 nitrogen and oxygen atoms in total. The molecule has 120 valence electrons. The highest BCUT2D eigenvalue weighted by Gasteiger charge is 2.41. The van der Waals surface area contributed by atoms with Gasteiger partial charge in [-0.1, -0.05) is 23.7 Å². The molecule has 0 spiro atoms. The van der Waals surface area contributed by atoms with Crippen molar-refractivity contribution in [2.75, 3.05) is 6.54 Å². The summed E-state index contributed by atoms with van der Waals surface area (Å²) in [4.78, 5) is 26.5. The smallest absolute Gasteiger partial charge is 0.244 e. The maximum atomic E-state index is 12.5. The monoisotopic (exact) mass is 331 g/mol. The fourth-order valence-corrected chi connectivity index (χ4v) is 3.18. The van der Waals surface area contributed by atoms with Crippen LogP contribution in [0.2, 0.25) is 5.02 Å². The van der Waals surface area contributed by atoms with E-state index in [0.717, 1.165) is 19.3 Å². The zero-order valence-electron chi connectivity index (χ0n) is 12.7. The first-order chi connectivity index (χ1) is 11.1. The molecule has 0 bridgehead atoms. The van der Waals surface area contributed by atoms with Crippen molar-refractivity contribution in [1.29, 1.82) is 5.26 Å². The summed E-state index contributed by atoms with van der Waals surface area (Å²) in [7, 11) is 0. The van der Waals surface area contributed by atoms with Crippen LogP contribution in [-0.4, -0.2) is 29.3 Å². The van der Waals surface area contributed by atoms with Crippen LogP contribution in [0.5, 0.6) is 0 Å². The summed E-state index contributed by atoms with van der Waals surface area (Å²) in [5, 5.41) is 12.6. The van der Waals surface area contributed by atoms with E-state index >= 15 is 0 Å². The number of nitrogens with zero attached hydrogens (tertiary/aromatic N) is 2. The van der Waals surface area contributed by atoms with Crippen molar-refractivity contribution in [3.63, 3.8) is 0 Å². The lowest BCUT2D eigenvalue weighted by atomic mass is 10.1. The molecule has 1 aliphatic heterocycles. The van der Waals surface area contributed by atoms with Crippen LogP contribution >= 0.6 is 11.6 Å². The molecular formula is C17H18ClN3O2. The molecule has 2 atom stereocenters. The average Bonchev–Trinajstić information content (AvgIpc) is 3.28. The number of halogens is 1. The normalized spacial score (nSPS) is 21.6. The van der Waals surface area contributed by atoms with E-state index in [1.54, 1.807) is 29.2 Å². The summed E-state index contributed by atoms with van der Waals surface area (Å²) < 4.78 is 0. The van der Waals surface area contributed by atoms with Crippen molar-refractivity contribution in [3.8, 4) is 6.07 Å². The largest absolute Gasteiger partial charge is 0.335 e. The molecule has 2 amide bonds. The van der Waals surface area contributed by atoms with Crippen molar-refractivity contribution >= 4 is 23.4 Å². The third-order valence-corrected chi connectivity index (χ3v) is 4.60. The molecule has 0 radical (unpaired) electrons. The van der Waals surface area contributed by atoms with Crippen LogP contribution < -0.4 is 5.32 Å². The van der Waals surface area contributed by atoms with Crippen LogP contribution in [0.4, 0.5) is 0 Å². The quantitative estimate of drug-likeness (QED) is 0.920. The van der Waals surface area contributed by atoms with Crippen LogP contribution in [0.15, 0.2) is 24.3 Å².